The molecule has 1 saturated heterocycles. The molecule has 1 N–H and O–H groups in total. The number of hydrogen-bond donors (Lipinski definition) is 1. The summed E-state index contributed by atoms with van der Waals surface area (Å²) >= 11 is 8.31. The van der Waals surface area contributed by atoms with Crippen LogP contribution >= 0.6 is 43.6 Å². The molecule has 0 aromatic heterocycles. The Morgan fingerprint density at radius 2 is 1.92 bits per heavy atom. The van der Waals surface area contributed by atoms with Gasteiger partial charge in [-0.25, -0.2) is 0 Å². The summed E-state index contributed by atoms with van der Waals surface area (Å²) in [7, 11) is 0. The average Bonchev–Trinajstić information content (AvgIpc) is 3.41. The lowest BCUT2D eigenvalue weighted by Crippen LogP contribution is -2.41. The number of carbonyl (C=O) groups excluding carboxylic acids is 2. The van der Waals surface area contributed by atoms with Crippen LogP contribution in [0.2, 0.25) is 0 Å². The zero-order chi connectivity index (χ0) is 27.1. The summed E-state index contributed by atoms with van der Waals surface area (Å²) in [4.78, 5) is 31.6. The van der Waals surface area contributed by atoms with Crippen molar-refractivity contribution in [1.82, 2.24) is 4.90 Å². The van der Waals surface area contributed by atoms with Crippen LogP contribution in [-0.2, 0) is 20.7 Å². The van der Waals surface area contributed by atoms with Crippen LogP contribution < -0.4 is 4.74 Å². The number of thioether (sulfide) groups is 1. The molecule has 0 aliphatic carbocycles. The van der Waals surface area contributed by atoms with Gasteiger partial charge in [-0.3, -0.25) is 14.6 Å². The highest BCUT2D eigenvalue weighted by Gasteiger charge is 2.32. The van der Waals surface area contributed by atoms with Crippen molar-refractivity contribution in [2.75, 3.05) is 32.1 Å². The Morgan fingerprint density at radius 3 is 2.63 bits per heavy atom. The molecule has 2 aromatic carbocycles. The molecule has 4 rings (SSSR count). The van der Waals surface area contributed by atoms with Crippen molar-refractivity contribution < 1.29 is 24.2 Å². The molecule has 38 heavy (non-hydrogen) atoms. The maximum Gasteiger partial charge on any atom is 0.305 e. The number of halogens is 2. The molecule has 1 atom stereocenters. The normalized spacial score (nSPS) is 17.8. The van der Waals surface area contributed by atoms with E-state index in [0.717, 1.165) is 37.9 Å². The maximum absolute atomic E-state index is 13.3. The van der Waals surface area contributed by atoms with Crippen molar-refractivity contribution in [3.05, 3.63) is 56.5 Å². The fraction of sp³-hybridized carbons (Fsp3) is 0.464. The minimum Gasteiger partial charge on any atom is -0.505 e. The Balaban J connectivity index is 1.39. The summed E-state index contributed by atoms with van der Waals surface area (Å²) in [5.74, 6) is 1.41. The van der Waals surface area contributed by atoms with Gasteiger partial charge in [-0.2, -0.15) is 0 Å². The number of esters is 1. The second kappa shape index (κ2) is 13.8. The number of aromatic hydroxyl groups is 1. The number of phenolic OH excluding ortho intramolecular Hbond substituents is 1. The zero-order valence-corrected chi connectivity index (χ0v) is 25.3. The Hall–Kier alpha value is -2.04. The van der Waals surface area contributed by atoms with E-state index >= 15 is 0 Å². The molecule has 1 amide bonds. The molecule has 1 fully saturated rings. The number of amides is 1. The Labute approximate surface area is 244 Å². The molecule has 204 valence electrons. The van der Waals surface area contributed by atoms with Crippen LogP contribution in [0.15, 0.2) is 50.3 Å². The van der Waals surface area contributed by atoms with Gasteiger partial charge in [-0.15, -0.1) is 0 Å². The predicted molar refractivity (Wildman–Crippen MR) is 157 cm³/mol. The van der Waals surface area contributed by atoms with Gasteiger partial charge in [0.1, 0.15) is 16.0 Å². The molecule has 0 saturated carbocycles. The number of nitrogens with zero attached hydrogens (tertiary/aromatic N) is 2. The molecular formula is C28H32Br2N2O5S. The van der Waals surface area contributed by atoms with Crippen LogP contribution in [0.3, 0.4) is 0 Å². The molecule has 10 heteroatoms. The van der Waals surface area contributed by atoms with Crippen molar-refractivity contribution in [2.24, 2.45) is 10.9 Å². The van der Waals surface area contributed by atoms with Gasteiger partial charge in [0.2, 0.25) is 0 Å². The van der Waals surface area contributed by atoms with Gasteiger partial charge in [0, 0.05) is 30.8 Å². The number of benzene rings is 2. The molecule has 0 spiro atoms. The largest absolute Gasteiger partial charge is 0.505 e. The molecular weight excluding hydrogens is 636 g/mol. The Morgan fingerprint density at radius 1 is 1.18 bits per heavy atom. The highest BCUT2D eigenvalue weighted by molar-refractivity contribution is 9.11. The van der Waals surface area contributed by atoms with E-state index in [-0.39, 0.29) is 36.7 Å². The third kappa shape index (κ3) is 7.33. The quantitative estimate of drug-likeness (QED) is 0.236. The van der Waals surface area contributed by atoms with E-state index in [2.05, 4.69) is 56.1 Å². The average molecular weight is 668 g/mol. The first-order chi connectivity index (χ1) is 18.4. The summed E-state index contributed by atoms with van der Waals surface area (Å²) in [5.41, 5.74) is 2.12. The molecule has 2 aliphatic rings. The van der Waals surface area contributed by atoms with Gasteiger partial charge in [0.25, 0.3) is 5.91 Å². The lowest BCUT2D eigenvalue weighted by Gasteiger charge is -2.32. The third-order valence-electron chi connectivity index (χ3n) is 6.72. The smallest absolute Gasteiger partial charge is 0.305 e. The third-order valence-corrected chi connectivity index (χ3v) is 9.09. The van der Waals surface area contributed by atoms with Crippen LogP contribution in [0.5, 0.6) is 11.5 Å². The highest BCUT2D eigenvalue weighted by Crippen LogP contribution is 2.47. The fourth-order valence-corrected chi connectivity index (χ4v) is 6.99. The van der Waals surface area contributed by atoms with Crippen LogP contribution in [-0.4, -0.2) is 59.0 Å². The number of hydrogen-bond acceptors (Lipinski definition) is 7. The van der Waals surface area contributed by atoms with E-state index in [1.165, 1.54) is 17.3 Å². The minimum atomic E-state index is -0.289. The summed E-state index contributed by atoms with van der Waals surface area (Å²) in [6.45, 7) is 3.88. The molecule has 7 nitrogen and oxygen atoms in total. The molecule has 1 unspecified atom stereocenters. The predicted octanol–water partition coefficient (Wildman–Crippen LogP) is 6.31. The number of aliphatic imine (C=N–C) groups is 1. The van der Waals surface area contributed by atoms with Gasteiger partial charge in [-0.05, 0) is 82.0 Å². The first kappa shape index (κ1) is 29.0. The first-order valence-corrected chi connectivity index (χ1v) is 15.5. The lowest BCUT2D eigenvalue weighted by molar-refractivity contribution is -0.143. The van der Waals surface area contributed by atoms with E-state index < -0.39 is 0 Å². The van der Waals surface area contributed by atoms with E-state index in [0.29, 0.717) is 44.4 Å². The number of rotatable bonds is 10. The van der Waals surface area contributed by atoms with Crippen molar-refractivity contribution in [3.63, 3.8) is 0 Å². The maximum atomic E-state index is 13.3. The molecule has 0 radical (unpaired) electrons. The number of piperidine rings is 1. The summed E-state index contributed by atoms with van der Waals surface area (Å²) in [6.07, 6.45) is 3.76. The summed E-state index contributed by atoms with van der Waals surface area (Å²) in [5, 5.41) is 11.0. The van der Waals surface area contributed by atoms with Crippen LogP contribution in [0.1, 0.15) is 49.8 Å². The van der Waals surface area contributed by atoms with Gasteiger partial charge < -0.3 is 19.5 Å². The molecule has 2 aliphatic heterocycles. The van der Waals surface area contributed by atoms with Crippen LogP contribution in [0, 0.1) is 5.92 Å². The highest BCUT2D eigenvalue weighted by atomic mass is 79.9. The second-order valence-corrected chi connectivity index (χ2v) is 12.0. The summed E-state index contributed by atoms with van der Waals surface area (Å²) in [6, 6.07) is 12.0. The SMILES string of the molecule is CCOC(=O)CCCOc1c(C2CSC(C(=O)N3CCC(Cc4ccccc4)CC3)=N2)cc(Br)c(O)c1Br. The van der Waals surface area contributed by atoms with Crippen molar-refractivity contribution in [2.45, 2.75) is 45.1 Å². The minimum absolute atomic E-state index is 0.00974. The Kier molecular flexibility index (Phi) is 10.6. The summed E-state index contributed by atoms with van der Waals surface area (Å²) < 4.78 is 11.9. The van der Waals surface area contributed by atoms with Gasteiger partial charge in [-0.1, -0.05) is 42.1 Å². The first-order valence-electron chi connectivity index (χ1n) is 12.9. The number of likely N-dealkylation sites (tertiary alicyclic amines) is 1. The van der Waals surface area contributed by atoms with E-state index in [9.17, 15) is 14.7 Å². The standard InChI is InChI=1S/C28H32Br2N2O5S/c1-2-36-23(33)9-6-14-37-26-20(16-21(29)25(34)24(26)30)22-17-38-27(31-22)28(35)32-12-10-19(11-13-32)15-18-7-4-3-5-8-18/h3-5,7-8,16,19,22,34H,2,6,9-15,17H2,1H3. The molecule has 2 aromatic rings. The number of phenols is 1. The van der Waals surface area contributed by atoms with Gasteiger partial charge in [0.05, 0.1) is 23.7 Å². The lowest BCUT2D eigenvalue weighted by atomic mass is 9.90. The van der Waals surface area contributed by atoms with Crippen molar-refractivity contribution >= 4 is 60.5 Å². The number of carbonyl (C=O) groups is 2. The topological polar surface area (TPSA) is 88.4 Å². The monoisotopic (exact) mass is 666 g/mol. The Bertz CT molecular complexity index is 1170. The molecule has 2 heterocycles. The van der Waals surface area contributed by atoms with Crippen LogP contribution in [0.4, 0.5) is 0 Å². The van der Waals surface area contributed by atoms with Crippen molar-refractivity contribution in [1.29, 1.82) is 0 Å². The van der Waals surface area contributed by atoms with Gasteiger partial charge >= 0.3 is 5.97 Å². The fourth-order valence-electron chi connectivity index (χ4n) is 4.70. The van der Waals surface area contributed by atoms with E-state index in [1.807, 2.05) is 11.0 Å². The van der Waals surface area contributed by atoms with E-state index in [1.54, 1.807) is 13.0 Å². The molecule has 0 bridgehead atoms. The van der Waals surface area contributed by atoms with E-state index in [4.69, 9.17) is 14.5 Å². The van der Waals surface area contributed by atoms with Crippen molar-refractivity contribution in [3.8, 4) is 11.5 Å². The zero-order valence-electron chi connectivity index (χ0n) is 21.3. The second-order valence-electron chi connectivity index (χ2n) is 9.38. The van der Waals surface area contributed by atoms with Crippen LogP contribution in [0.25, 0.3) is 0 Å². The van der Waals surface area contributed by atoms with Gasteiger partial charge in [0.15, 0.2) is 5.04 Å². The number of ether oxygens (including phenoxy) is 2.